The van der Waals surface area contributed by atoms with Crippen LogP contribution >= 0.6 is 11.3 Å². The summed E-state index contributed by atoms with van der Waals surface area (Å²) in [6.07, 6.45) is 0.672. The SMILES string of the molecule is CC(=O)Nc1nc(CCc2ccc(NC(=O)[O-])cc2)c(C(=O)NCc2ccc(S(C)(=O)=O)cc2)s1. The van der Waals surface area contributed by atoms with Gasteiger partial charge in [-0.25, -0.2) is 13.4 Å². The normalized spacial score (nSPS) is 11.0. The van der Waals surface area contributed by atoms with E-state index in [9.17, 15) is 27.9 Å². The van der Waals surface area contributed by atoms with Gasteiger partial charge in [0.05, 0.1) is 10.6 Å². The molecule has 0 radical (unpaired) electrons. The van der Waals surface area contributed by atoms with Crippen molar-refractivity contribution >= 4 is 49.9 Å². The Morgan fingerprint density at radius 2 is 1.57 bits per heavy atom. The van der Waals surface area contributed by atoms with Crippen molar-refractivity contribution in [2.45, 2.75) is 31.2 Å². The van der Waals surface area contributed by atoms with Crippen molar-refractivity contribution < 1.29 is 27.9 Å². The minimum Gasteiger partial charge on any atom is -0.530 e. The summed E-state index contributed by atoms with van der Waals surface area (Å²) in [4.78, 5) is 39.9. The van der Waals surface area contributed by atoms with Gasteiger partial charge >= 0.3 is 0 Å². The Morgan fingerprint density at radius 1 is 0.943 bits per heavy atom. The molecule has 0 aliphatic rings. The zero-order valence-electron chi connectivity index (χ0n) is 19.0. The lowest BCUT2D eigenvalue weighted by molar-refractivity contribution is -0.242. The Balaban J connectivity index is 1.70. The number of rotatable bonds is 9. The maximum Gasteiger partial charge on any atom is 0.263 e. The Bertz CT molecular complexity index is 1330. The van der Waals surface area contributed by atoms with E-state index in [-0.39, 0.29) is 23.3 Å². The predicted octanol–water partition coefficient (Wildman–Crippen LogP) is 1.98. The third-order valence-electron chi connectivity index (χ3n) is 4.84. The van der Waals surface area contributed by atoms with Gasteiger partial charge < -0.3 is 25.9 Å². The summed E-state index contributed by atoms with van der Waals surface area (Å²) in [6.45, 7) is 1.53. The summed E-state index contributed by atoms with van der Waals surface area (Å²) >= 11 is 1.06. The molecule has 3 rings (SSSR count). The van der Waals surface area contributed by atoms with Crippen molar-refractivity contribution in [1.29, 1.82) is 0 Å². The Morgan fingerprint density at radius 3 is 2.14 bits per heavy atom. The van der Waals surface area contributed by atoms with Gasteiger partial charge in [0.15, 0.2) is 15.0 Å². The Labute approximate surface area is 206 Å². The number of carboxylic acid groups (broad SMARTS) is 1. The number of sulfone groups is 1. The zero-order valence-corrected chi connectivity index (χ0v) is 20.6. The summed E-state index contributed by atoms with van der Waals surface area (Å²) < 4.78 is 23.2. The second-order valence-electron chi connectivity index (χ2n) is 7.68. The van der Waals surface area contributed by atoms with Crippen LogP contribution in [0.25, 0.3) is 0 Å². The number of amides is 3. The van der Waals surface area contributed by atoms with Gasteiger partial charge in [0.25, 0.3) is 5.91 Å². The number of hydrogen-bond acceptors (Lipinski definition) is 8. The lowest BCUT2D eigenvalue weighted by Gasteiger charge is -2.08. The molecule has 12 heteroatoms. The van der Waals surface area contributed by atoms with E-state index in [1.54, 1.807) is 36.4 Å². The maximum absolute atomic E-state index is 12.9. The van der Waals surface area contributed by atoms with Crippen LogP contribution in [-0.4, -0.2) is 37.6 Å². The molecule has 3 aromatic rings. The number of hydrogen-bond donors (Lipinski definition) is 3. The number of aromatic nitrogens is 1. The largest absolute Gasteiger partial charge is 0.530 e. The van der Waals surface area contributed by atoms with Crippen LogP contribution < -0.4 is 21.1 Å². The van der Waals surface area contributed by atoms with Crippen LogP contribution in [0.1, 0.15) is 33.4 Å². The highest BCUT2D eigenvalue weighted by Crippen LogP contribution is 2.25. The van der Waals surface area contributed by atoms with Crippen LogP contribution in [0.4, 0.5) is 15.6 Å². The molecule has 0 atom stereocenters. The number of aryl methyl sites for hydroxylation is 2. The fraction of sp³-hybridized carbons (Fsp3) is 0.217. The minimum atomic E-state index is -3.30. The molecule has 1 heterocycles. The van der Waals surface area contributed by atoms with Gasteiger partial charge in [-0.2, -0.15) is 0 Å². The number of anilines is 2. The lowest BCUT2D eigenvalue weighted by Crippen LogP contribution is -2.28. The molecule has 0 fully saturated rings. The van der Waals surface area contributed by atoms with E-state index in [2.05, 4.69) is 20.9 Å². The number of carbonyl (C=O) groups excluding carboxylic acids is 3. The maximum atomic E-state index is 12.9. The topological polar surface area (TPSA) is 157 Å². The molecular weight excluding hydrogens is 492 g/mol. The minimum absolute atomic E-state index is 0.183. The molecule has 0 aliphatic carbocycles. The van der Waals surface area contributed by atoms with E-state index < -0.39 is 15.9 Å². The summed E-state index contributed by atoms with van der Waals surface area (Å²) in [5.74, 6) is -0.672. The molecule has 10 nitrogen and oxygen atoms in total. The molecule has 1 aromatic heterocycles. The molecule has 3 N–H and O–H groups in total. The fourth-order valence-electron chi connectivity index (χ4n) is 3.16. The van der Waals surface area contributed by atoms with E-state index in [4.69, 9.17) is 0 Å². The van der Waals surface area contributed by atoms with Crippen LogP contribution in [0.2, 0.25) is 0 Å². The third kappa shape index (κ3) is 7.62. The summed E-state index contributed by atoms with van der Waals surface area (Å²) in [6, 6.07) is 13.0. The molecule has 0 saturated carbocycles. The number of nitrogens with one attached hydrogen (secondary N) is 3. The molecule has 0 unspecified atom stereocenters. The first-order chi connectivity index (χ1) is 16.5. The van der Waals surface area contributed by atoms with Crippen LogP contribution in [0, 0.1) is 0 Å². The van der Waals surface area contributed by atoms with Crippen molar-refractivity contribution in [2.75, 3.05) is 16.9 Å². The molecule has 3 amide bonds. The monoisotopic (exact) mass is 515 g/mol. The summed E-state index contributed by atoms with van der Waals surface area (Å²) in [7, 11) is -3.30. The first-order valence-corrected chi connectivity index (χ1v) is 13.1. The molecule has 0 spiro atoms. The molecule has 0 aliphatic heterocycles. The fourth-order valence-corrected chi connectivity index (χ4v) is 4.76. The lowest BCUT2D eigenvalue weighted by atomic mass is 10.1. The first-order valence-electron chi connectivity index (χ1n) is 10.4. The smallest absolute Gasteiger partial charge is 0.263 e. The van der Waals surface area contributed by atoms with Crippen LogP contribution in [0.5, 0.6) is 0 Å². The van der Waals surface area contributed by atoms with Gasteiger partial charge in [-0.3, -0.25) is 9.59 Å². The second kappa shape index (κ2) is 11.1. The predicted molar refractivity (Wildman–Crippen MR) is 130 cm³/mol. The highest BCUT2D eigenvalue weighted by Gasteiger charge is 2.19. The van der Waals surface area contributed by atoms with E-state index in [1.807, 2.05) is 0 Å². The number of benzene rings is 2. The van der Waals surface area contributed by atoms with Gasteiger partial charge in [0.1, 0.15) is 11.0 Å². The van der Waals surface area contributed by atoms with Crippen molar-refractivity contribution in [2.24, 2.45) is 0 Å². The van der Waals surface area contributed by atoms with Crippen LogP contribution in [-0.2, 0) is 34.0 Å². The molecule has 0 bridgehead atoms. The van der Waals surface area contributed by atoms with E-state index in [0.717, 1.165) is 28.7 Å². The second-order valence-corrected chi connectivity index (χ2v) is 10.7. The molecule has 2 aromatic carbocycles. The number of thiazole rings is 1. The van der Waals surface area contributed by atoms with Gasteiger partial charge in [0.2, 0.25) is 5.91 Å². The average molecular weight is 516 g/mol. The summed E-state index contributed by atoms with van der Waals surface area (Å²) in [5, 5.41) is 18.5. The molecule has 184 valence electrons. The van der Waals surface area contributed by atoms with E-state index in [0.29, 0.717) is 34.2 Å². The van der Waals surface area contributed by atoms with E-state index >= 15 is 0 Å². The Kier molecular flexibility index (Phi) is 8.20. The van der Waals surface area contributed by atoms with Gasteiger partial charge in [-0.15, -0.1) is 0 Å². The zero-order chi connectivity index (χ0) is 25.6. The molecule has 35 heavy (non-hydrogen) atoms. The standard InChI is InChI=1S/C23H24N4O6S2/c1-14(28)25-22-27-19(12-7-15-3-8-17(9-4-15)26-23(30)31)20(34-22)21(29)24-13-16-5-10-18(11-6-16)35(2,32)33/h3-6,8-11,26H,7,12-13H2,1-2H3,(H,24,29)(H,30,31)(H,25,27,28)/p-1. The van der Waals surface area contributed by atoms with Gasteiger partial charge in [-0.1, -0.05) is 35.6 Å². The molecular formula is C23H23N4O6S2-. The van der Waals surface area contributed by atoms with Crippen molar-refractivity contribution in [3.8, 4) is 0 Å². The highest BCUT2D eigenvalue weighted by molar-refractivity contribution is 7.90. The van der Waals surface area contributed by atoms with Crippen LogP contribution in [0.3, 0.4) is 0 Å². The quantitative estimate of drug-likeness (QED) is 0.393. The van der Waals surface area contributed by atoms with Crippen molar-refractivity contribution in [1.82, 2.24) is 10.3 Å². The van der Waals surface area contributed by atoms with Gasteiger partial charge in [-0.05, 0) is 48.2 Å². The van der Waals surface area contributed by atoms with Crippen LogP contribution in [0.15, 0.2) is 53.4 Å². The third-order valence-corrected chi connectivity index (χ3v) is 6.98. The molecule has 0 saturated heterocycles. The van der Waals surface area contributed by atoms with Gasteiger partial charge in [0, 0.05) is 25.4 Å². The van der Waals surface area contributed by atoms with Crippen molar-refractivity contribution in [3.63, 3.8) is 0 Å². The first kappa shape index (κ1) is 25.8. The average Bonchev–Trinajstić information content (AvgIpc) is 3.18. The van der Waals surface area contributed by atoms with Crippen molar-refractivity contribution in [3.05, 3.63) is 70.2 Å². The van der Waals surface area contributed by atoms with E-state index in [1.165, 1.54) is 19.1 Å². The number of carbonyl (C=O) groups is 3. The number of nitrogens with zero attached hydrogens (tertiary/aromatic N) is 1. The highest BCUT2D eigenvalue weighted by atomic mass is 32.2. The summed E-state index contributed by atoms with van der Waals surface area (Å²) in [5.41, 5.74) is 2.53. The Hall–Kier alpha value is -3.77.